The number of aromatic nitrogens is 2. The number of para-hydroxylation sites is 1. The summed E-state index contributed by atoms with van der Waals surface area (Å²) in [5.74, 6) is 1.25. The van der Waals surface area contributed by atoms with Gasteiger partial charge in [0.1, 0.15) is 0 Å². The van der Waals surface area contributed by atoms with Gasteiger partial charge in [-0.1, -0.05) is 18.2 Å². The highest BCUT2D eigenvalue weighted by Gasteiger charge is 2.26. The monoisotopic (exact) mass is 240 g/mol. The highest BCUT2D eigenvalue weighted by molar-refractivity contribution is 5.72. The molecule has 92 valence electrons. The van der Waals surface area contributed by atoms with Crippen molar-refractivity contribution in [3.63, 3.8) is 0 Å². The first kappa shape index (κ1) is 11.0. The van der Waals surface area contributed by atoms with E-state index in [2.05, 4.69) is 46.1 Å². The predicted molar refractivity (Wildman–Crippen MR) is 72.8 cm³/mol. The van der Waals surface area contributed by atoms with Gasteiger partial charge in [-0.2, -0.15) is 0 Å². The molecule has 0 bridgehead atoms. The van der Waals surface area contributed by atoms with Gasteiger partial charge in [-0.15, -0.1) is 0 Å². The zero-order valence-corrected chi connectivity index (χ0v) is 10.4. The molecule has 0 fully saturated rings. The number of hydrogen-bond acceptors (Lipinski definition) is 4. The molecule has 0 saturated heterocycles. The Kier molecular flexibility index (Phi) is 2.63. The molecule has 3 rings (SSSR count). The summed E-state index contributed by atoms with van der Waals surface area (Å²) < 4.78 is 0. The molecule has 2 heterocycles. The van der Waals surface area contributed by atoms with Crippen molar-refractivity contribution < 1.29 is 0 Å². The smallest absolute Gasteiger partial charge is 0.176 e. The van der Waals surface area contributed by atoms with E-state index in [0.717, 1.165) is 18.7 Å². The number of hydrogen-bond donors (Lipinski definition) is 1. The van der Waals surface area contributed by atoms with Gasteiger partial charge in [-0.3, -0.25) is 0 Å². The standard InChI is InChI=1S/C14H16N4/c1-10-6-7-11-4-2-3-5-12(11)18(10)14-13(15)16-8-9-17-14/h2-5,8-10H,6-7H2,1H3,(H2,15,16). The third-order valence-corrected chi connectivity index (χ3v) is 3.46. The highest BCUT2D eigenvalue weighted by Crippen LogP contribution is 2.37. The highest BCUT2D eigenvalue weighted by atomic mass is 15.2. The molecule has 0 saturated carbocycles. The molecule has 0 aliphatic carbocycles. The van der Waals surface area contributed by atoms with Crippen molar-refractivity contribution >= 4 is 17.3 Å². The molecule has 0 spiro atoms. The SMILES string of the molecule is CC1CCc2ccccc2N1c1nccnc1N. The van der Waals surface area contributed by atoms with Gasteiger partial charge in [0.15, 0.2) is 11.6 Å². The molecule has 1 aliphatic heterocycles. The van der Waals surface area contributed by atoms with Crippen LogP contribution in [0.5, 0.6) is 0 Å². The Labute approximate surface area is 106 Å². The van der Waals surface area contributed by atoms with E-state index in [1.165, 1.54) is 11.3 Å². The van der Waals surface area contributed by atoms with Crippen molar-refractivity contribution in [1.29, 1.82) is 0 Å². The largest absolute Gasteiger partial charge is 0.381 e. The van der Waals surface area contributed by atoms with Gasteiger partial charge in [0.2, 0.25) is 0 Å². The van der Waals surface area contributed by atoms with Crippen LogP contribution in [0.15, 0.2) is 36.7 Å². The summed E-state index contributed by atoms with van der Waals surface area (Å²) in [7, 11) is 0. The third-order valence-electron chi connectivity index (χ3n) is 3.46. The average molecular weight is 240 g/mol. The molecule has 0 radical (unpaired) electrons. The Bertz CT molecular complexity index is 567. The molecular formula is C14H16N4. The molecule has 18 heavy (non-hydrogen) atoms. The Morgan fingerprint density at radius 1 is 1.22 bits per heavy atom. The van der Waals surface area contributed by atoms with E-state index in [4.69, 9.17) is 5.73 Å². The summed E-state index contributed by atoms with van der Waals surface area (Å²) in [5, 5.41) is 0. The minimum Gasteiger partial charge on any atom is -0.381 e. The zero-order chi connectivity index (χ0) is 12.5. The Morgan fingerprint density at radius 2 is 2.00 bits per heavy atom. The van der Waals surface area contributed by atoms with Crippen LogP contribution in [0.3, 0.4) is 0 Å². The van der Waals surface area contributed by atoms with E-state index in [1.807, 2.05) is 0 Å². The fraction of sp³-hybridized carbons (Fsp3) is 0.286. The van der Waals surface area contributed by atoms with E-state index in [9.17, 15) is 0 Å². The summed E-state index contributed by atoms with van der Waals surface area (Å²) >= 11 is 0. The van der Waals surface area contributed by atoms with Gasteiger partial charge >= 0.3 is 0 Å². The molecule has 1 unspecified atom stereocenters. The minimum absolute atomic E-state index is 0.388. The average Bonchev–Trinajstić information content (AvgIpc) is 2.40. The molecule has 2 N–H and O–H groups in total. The van der Waals surface area contributed by atoms with Crippen LogP contribution in [-0.2, 0) is 6.42 Å². The maximum Gasteiger partial charge on any atom is 0.176 e. The van der Waals surface area contributed by atoms with E-state index in [-0.39, 0.29) is 0 Å². The Hall–Kier alpha value is -2.10. The Balaban J connectivity index is 2.14. The van der Waals surface area contributed by atoms with Gasteiger partial charge in [0.05, 0.1) is 0 Å². The number of benzene rings is 1. The van der Waals surface area contributed by atoms with E-state index in [1.54, 1.807) is 12.4 Å². The van der Waals surface area contributed by atoms with Gasteiger partial charge < -0.3 is 10.6 Å². The van der Waals surface area contributed by atoms with Gasteiger partial charge in [0.25, 0.3) is 0 Å². The molecule has 1 aromatic heterocycles. The first-order chi connectivity index (χ1) is 8.77. The number of fused-ring (bicyclic) bond motifs is 1. The quantitative estimate of drug-likeness (QED) is 0.832. The minimum atomic E-state index is 0.388. The lowest BCUT2D eigenvalue weighted by molar-refractivity contribution is 0.613. The summed E-state index contributed by atoms with van der Waals surface area (Å²) in [6.45, 7) is 2.20. The van der Waals surface area contributed by atoms with Crippen molar-refractivity contribution in [2.45, 2.75) is 25.8 Å². The molecule has 1 atom stereocenters. The molecule has 1 aromatic carbocycles. The van der Waals surface area contributed by atoms with Crippen LogP contribution in [0.4, 0.5) is 17.3 Å². The second-order valence-electron chi connectivity index (χ2n) is 4.65. The van der Waals surface area contributed by atoms with Crippen molar-refractivity contribution in [3.05, 3.63) is 42.2 Å². The molecule has 2 aromatic rings. The third kappa shape index (κ3) is 1.70. The maximum atomic E-state index is 5.96. The summed E-state index contributed by atoms with van der Waals surface area (Å²) in [5.41, 5.74) is 8.50. The van der Waals surface area contributed by atoms with Gasteiger partial charge in [-0.05, 0) is 31.4 Å². The first-order valence-corrected chi connectivity index (χ1v) is 6.21. The molecule has 1 aliphatic rings. The lowest BCUT2D eigenvalue weighted by atomic mass is 9.96. The fourth-order valence-corrected chi connectivity index (χ4v) is 2.54. The van der Waals surface area contributed by atoms with Crippen LogP contribution in [0.1, 0.15) is 18.9 Å². The summed E-state index contributed by atoms with van der Waals surface area (Å²) in [4.78, 5) is 10.7. The van der Waals surface area contributed by atoms with Crippen LogP contribution in [0.25, 0.3) is 0 Å². The van der Waals surface area contributed by atoms with E-state index < -0.39 is 0 Å². The maximum absolute atomic E-state index is 5.96. The van der Waals surface area contributed by atoms with Crippen LogP contribution in [0, 0.1) is 0 Å². The van der Waals surface area contributed by atoms with Crippen LogP contribution in [-0.4, -0.2) is 16.0 Å². The van der Waals surface area contributed by atoms with Gasteiger partial charge in [0, 0.05) is 24.1 Å². The van der Waals surface area contributed by atoms with Crippen molar-refractivity contribution in [2.24, 2.45) is 0 Å². The van der Waals surface area contributed by atoms with E-state index in [0.29, 0.717) is 11.9 Å². The second-order valence-corrected chi connectivity index (χ2v) is 4.65. The number of rotatable bonds is 1. The lowest BCUT2D eigenvalue weighted by Crippen LogP contribution is -2.34. The Morgan fingerprint density at radius 3 is 2.83 bits per heavy atom. The number of anilines is 3. The number of nitrogens with zero attached hydrogens (tertiary/aromatic N) is 3. The van der Waals surface area contributed by atoms with E-state index >= 15 is 0 Å². The number of nitrogens with two attached hydrogens (primary N) is 1. The molecule has 4 heteroatoms. The van der Waals surface area contributed by atoms with Crippen molar-refractivity contribution in [2.75, 3.05) is 10.6 Å². The molecule has 0 amide bonds. The summed E-state index contributed by atoms with van der Waals surface area (Å²) in [6, 6.07) is 8.81. The zero-order valence-electron chi connectivity index (χ0n) is 10.4. The van der Waals surface area contributed by atoms with Crippen LogP contribution < -0.4 is 10.6 Å². The summed E-state index contributed by atoms with van der Waals surface area (Å²) in [6.07, 6.45) is 5.52. The number of nitrogen functional groups attached to an aromatic ring is 1. The van der Waals surface area contributed by atoms with Crippen LogP contribution in [0.2, 0.25) is 0 Å². The van der Waals surface area contributed by atoms with Crippen molar-refractivity contribution in [3.8, 4) is 0 Å². The fourth-order valence-electron chi connectivity index (χ4n) is 2.54. The van der Waals surface area contributed by atoms with Gasteiger partial charge in [-0.25, -0.2) is 9.97 Å². The lowest BCUT2D eigenvalue weighted by Gasteiger charge is -2.36. The van der Waals surface area contributed by atoms with Crippen LogP contribution >= 0.6 is 0 Å². The molecule has 4 nitrogen and oxygen atoms in total. The van der Waals surface area contributed by atoms with Crippen molar-refractivity contribution in [1.82, 2.24) is 9.97 Å². The number of aryl methyl sites for hydroxylation is 1. The topological polar surface area (TPSA) is 55.0 Å². The predicted octanol–water partition coefficient (Wildman–Crippen LogP) is 2.53. The first-order valence-electron chi connectivity index (χ1n) is 6.21. The normalized spacial score (nSPS) is 18.5. The molecular weight excluding hydrogens is 224 g/mol. The second kappa shape index (κ2) is 4.29.